The lowest BCUT2D eigenvalue weighted by Crippen LogP contribution is -2.28. The first-order valence-corrected chi connectivity index (χ1v) is 5.38. The molecule has 1 aromatic carbocycles. The van der Waals surface area contributed by atoms with Crippen molar-refractivity contribution in [2.45, 2.75) is 32.7 Å². The zero-order valence-corrected chi connectivity index (χ0v) is 9.66. The Balaban J connectivity index is 2.65. The van der Waals surface area contributed by atoms with Gasteiger partial charge in [0, 0.05) is 12.6 Å². The topological polar surface area (TPSA) is 29.1 Å². The Hall–Kier alpha value is -1.15. The second-order valence-electron chi connectivity index (χ2n) is 4.22. The summed E-state index contributed by atoms with van der Waals surface area (Å²) in [4.78, 5) is 11.0. The van der Waals surface area contributed by atoms with Crippen molar-refractivity contribution >= 4 is 6.29 Å². The molecule has 1 rings (SSSR count). The van der Waals surface area contributed by atoms with Gasteiger partial charge in [-0.2, -0.15) is 0 Å². The normalized spacial score (nSPS) is 12.8. The third-order valence-electron chi connectivity index (χ3n) is 2.42. The maximum atomic E-state index is 11.0. The third-order valence-corrected chi connectivity index (χ3v) is 2.42. The molecule has 0 bridgehead atoms. The molecule has 0 heterocycles. The van der Waals surface area contributed by atoms with E-state index in [1.165, 1.54) is 5.56 Å². The predicted molar refractivity (Wildman–Crippen MR) is 63.1 cm³/mol. The van der Waals surface area contributed by atoms with Crippen molar-refractivity contribution in [3.63, 3.8) is 0 Å². The molecule has 0 aliphatic heterocycles. The van der Waals surface area contributed by atoms with E-state index < -0.39 is 0 Å². The average Bonchev–Trinajstić information content (AvgIpc) is 2.21. The molecular formula is C13H19NO. The van der Waals surface area contributed by atoms with E-state index in [9.17, 15) is 4.79 Å². The van der Waals surface area contributed by atoms with Crippen molar-refractivity contribution in [3.05, 3.63) is 35.4 Å². The lowest BCUT2D eigenvalue weighted by atomic mass is 9.99. The summed E-state index contributed by atoms with van der Waals surface area (Å²) in [5.74, 6) is -0.0343. The molecule has 2 heteroatoms. The minimum atomic E-state index is -0.0343. The quantitative estimate of drug-likeness (QED) is 0.747. The summed E-state index contributed by atoms with van der Waals surface area (Å²) >= 11 is 0. The lowest BCUT2D eigenvalue weighted by molar-refractivity contribution is -0.109. The molecule has 1 N–H and O–H groups in total. The van der Waals surface area contributed by atoms with Gasteiger partial charge in [-0.25, -0.2) is 0 Å². The number of rotatable bonds is 5. The first-order valence-electron chi connectivity index (χ1n) is 5.38. The number of aldehydes is 1. The van der Waals surface area contributed by atoms with Crippen LogP contribution in [0.5, 0.6) is 0 Å². The summed E-state index contributed by atoms with van der Waals surface area (Å²) in [6.45, 7) is 6.92. The van der Waals surface area contributed by atoms with E-state index in [4.69, 9.17) is 0 Å². The van der Waals surface area contributed by atoms with Crippen LogP contribution in [0, 0.1) is 6.92 Å². The smallest absolute Gasteiger partial charge is 0.128 e. The standard InChI is InChI=1S/C13H19NO/c1-10(2)14-8-13(9-15)12-6-4-11(3)5-7-12/h4-7,9-10,13-14H,8H2,1-3H3. The molecule has 1 unspecified atom stereocenters. The second-order valence-corrected chi connectivity index (χ2v) is 4.22. The Labute approximate surface area is 91.7 Å². The highest BCUT2D eigenvalue weighted by Gasteiger charge is 2.09. The van der Waals surface area contributed by atoms with Gasteiger partial charge in [-0.05, 0) is 12.5 Å². The summed E-state index contributed by atoms with van der Waals surface area (Å²) in [5, 5.41) is 3.28. The molecule has 0 spiro atoms. The average molecular weight is 205 g/mol. The zero-order valence-electron chi connectivity index (χ0n) is 9.66. The van der Waals surface area contributed by atoms with Gasteiger partial charge in [0.1, 0.15) is 6.29 Å². The van der Waals surface area contributed by atoms with Crippen LogP contribution in [0.15, 0.2) is 24.3 Å². The number of carbonyl (C=O) groups is 1. The molecule has 0 aliphatic rings. The van der Waals surface area contributed by atoms with Crippen molar-refractivity contribution in [1.82, 2.24) is 5.32 Å². The van der Waals surface area contributed by atoms with E-state index in [2.05, 4.69) is 19.2 Å². The minimum Gasteiger partial charge on any atom is -0.313 e. The number of carbonyl (C=O) groups excluding carboxylic acids is 1. The summed E-state index contributed by atoms with van der Waals surface area (Å²) < 4.78 is 0. The van der Waals surface area contributed by atoms with Gasteiger partial charge in [0.2, 0.25) is 0 Å². The molecule has 1 aromatic rings. The second kappa shape index (κ2) is 5.66. The van der Waals surface area contributed by atoms with Crippen molar-refractivity contribution in [3.8, 4) is 0 Å². The molecule has 1 atom stereocenters. The molecule has 0 aliphatic carbocycles. The summed E-state index contributed by atoms with van der Waals surface area (Å²) in [7, 11) is 0. The lowest BCUT2D eigenvalue weighted by Gasteiger charge is -2.14. The fourth-order valence-electron chi connectivity index (χ4n) is 1.42. The molecule has 0 radical (unpaired) electrons. The fraction of sp³-hybridized carbons (Fsp3) is 0.462. The molecule has 0 aromatic heterocycles. The number of hydrogen-bond acceptors (Lipinski definition) is 2. The minimum absolute atomic E-state index is 0.0343. The Morgan fingerprint density at radius 1 is 1.27 bits per heavy atom. The zero-order chi connectivity index (χ0) is 11.3. The maximum absolute atomic E-state index is 11.0. The molecule has 15 heavy (non-hydrogen) atoms. The number of aryl methyl sites for hydroxylation is 1. The Morgan fingerprint density at radius 2 is 1.87 bits per heavy atom. The van der Waals surface area contributed by atoms with Gasteiger partial charge in [-0.15, -0.1) is 0 Å². The summed E-state index contributed by atoms with van der Waals surface area (Å²) in [6.07, 6.45) is 1.01. The Bertz CT molecular complexity index is 303. The predicted octanol–water partition coefficient (Wildman–Crippen LogP) is 2.28. The molecule has 0 saturated heterocycles. The van der Waals surface area contributed by atoms with Gasteiger partial charge in [0.25, 0.3) is 0 Å². The van der Waals surface area contributed by atoms with E-state index in [0.29, 0.717) is 12.6 Å². The van der Waals surface area contributed by atoms with Crippen LogP contribution in [0.25, 0.3) is 0 Å². The van der Waals surface area contributed by atoms with Crippen LogP contribution in [0.4, 0.5) is 0 Å². The van der Waals surface area contributed by atoms with E-state index in [1.807, 2.05) is 31.2 Å². The Kier molecular flexibility index (Phi) is 4.50. The van der Waals surface area contributed by atoms with E-state index in [1.54, 1.807) is 0 Å². The molecular weight excluding hydrogens is 186 g/mol. The van der Waals surface area contributed by atoms with Crippen LogP contribution in [0.1, 0.15) is 30.9 Å². The van der Waals surface area contributed by atoms with Crippen molar-refractivity contribution in [2.75, 3.05) is 6.54 Å². The maximum Gasteiger partial charge on any atom is 0.128 e. The number of benzene rings is 1. The fourth-order valence-corrected chi connectivity index (χ4v) is 1.42. The highest BCUT2D eigenvalue weighted by atomic mass is 16.1. The molecule has 0 saturated carbocycles. The van der Waals surface area contributed by atoms with E-state index >= 15 is 0 Å². The Morgan fingerprint density at radius 3 is 2.33 bits per heavy atom. The van der Waals surface area contributed by atoms with Crippen LogP contribution in [0.2, 0.25) is 0 Å². The monoisotopic (exact) mass is 205 g/mol. The van der Waals surface area contributed by atoms with Gasteiger partial charge in [0.05, 0.1) is 5.92 Å². The molecule has 82 valence electrons. The number of nitrogens with one attached hydrogen (secondary N) is 1. The van der Waals surface area contributed by atoms with Crippen LogP contribution in [0.3, 0.4) is 0 Å². The summed E-state index contributed by atoms with van der Waals surface area (Å²) in [5.41, 5.74) is 2.31. The molecule has 2 nitrogen and oxygen atoms in total. The largest absolute Gasteiger partial charge is 0.313 e. The van der Waals surface area contributed by atoms with E-state index in [0.717, 1.165) is 11.8 Å². The summed E-state index contributed by atoms with van der Waals surface area (Å²) in [6, 6.07) is 8.55. The first-order chi connectivity index (χ1) is 7.13. The molecule has 0 fully saturated rings. The van der Waals surface area contributed by atoms with Gasteiger partial charge < -0.3 is 10.1 Å². The highest BCUT2D eigenvalue weighted by Crippen LogP contribution is 2.13. The van der Waals surface area contributed by atoms with Crippen LogP contribution in [-0.4, -0.2) is 18.9 Å². The SMILES string of the molecule is Cc1ccc(C(C=O)CNC(C)C)cc1. The van der Waals surface area contributed by atoms with Gasteiger partial charge in [0.15, 0.2) is 0 Å². The van der Waals surface area contributed by atoms with Crippen molar-refractivity contribution in [2.24, 2.45) is 0 Å². The van der Waals surface area contributed by atoms with Crippen LogP contribution in [-0.2, 0) is 4.79 Å². The highest BCUT2D eigenvalue weighted by molar-refractivity contribution is 5.62. The van der Waals surface area contributed by atoms with Crippen molar-refractivity contribution in [1.29, 1.82) is 0 Å². The number of hydrogen-bond donors (Lipinski definition) is 1. The van der Waals surface area contributed by atoms with Crippen LogP contribution >= 0.6 is 0 Å². The van der Waals surface area contributed by atoms with Crippen molar-refractivity contribution < 1.29 is 4.79 Å². The molecule has 0 amide bonds. The van der Waals surface area contributed by atoms with Gasteiger partial charge in [-0.1, -0.05) is 43.7 Å². The van der Waals surface area contributed by atoms with Gasteiger partial charge >= 0.3 is 0 Å². The van der Waals surface area contributed by atoms with E-state index in [-0.39, 0.29) is 5.92 Å². The van der Waals surface area contributed by atoms with Crippen LogP contribution < -0.4 is 5.32 Å². The first kappa shape index (κ1) is 11.9. The van der Waals surface area contributed by atoms with Gasteiger partial charge in [-0.3, -0.25) is 0 Å². The third kappa shape index (κ3) is 3.84.